The molecule has 100 valence electrons. The van der Waals surface area contributed by atoms with Crippen LogP contribution in [0.5, 0.6) is 0 Å². The van der Waals surface area contributed by atoms with Gasteiger partial charge in [-0.2, -0.15) is 0 Å². The van der Waals surface area contributed by atoms with Gasteiger partial charge in [-0.05, 0) is 37.8 Å². The molecule has 3 nitrogen and oxygen atoms in total. The summed E-state index contributed by atoms with van der Waals surface area (Å²) >= 11 is 0. The van der Waals surface area contributed by atoms with Crippen LogP contribution in [0.3, 0.4) is 0 Å². The van der Waals surface area contributed by atoms with Gasteiger partial charge in [0.15, 0.2) is 0 Å². The van der Waals surface area contributed by atoms with Crippen molar-refractivity contribution < 1.29 is 9.90 Å². The Bertz CT molecular complexity index is 390. The molecule has 0 aliphatic rings. The number of carbonyl (C=O) groups is 1. The van der Waals surface area contributed by atoms with Crippen molar-refractivity contribution in [3.8, 4) is 0 Å². The first kappa shape index (κ1) is 14.7. The molecule has 1 amide bonds. The third-order valence-electron chi connectivity index (χ3n) is 3.04. The number of benzene rings is 1. The highest BCUT2D eigenvalue weighted by Crippen LogP contribution is 2.09. The summed E-state index contributed by atoms with van der Waals surface area (Å²) in [5, 5.41) is 9.63. The molecule has 0 atom stereocenters. The smallest absolute Gasteiger partial charge is 0.253 e. The second-order valence-corrected chi connectivity index (χ2v) is 5.21. The Morgan fingerprint density at radius 2 is 1.72 bits per heavy atom. The molecule has 0 aliphatic carbocycles. The average Bonchev–Trinajstić information content (AvgIpc) is 2.34. The van der Waals surface area contributed by atoms with Gasteiger partial charge in [-0.15, -0.1) is 0 Å². The van der Waals surface area contributed by atoms with Gasteiger partial charge in [0.05, 0.1) is 0 Å². The largest absolute Gasteiger partial charge is 0.381 e. The summed E-state index contributed by atoms with van der Waals surface area (Å²) in [7, 11) is 1.72. The van der Waals surface area contributed by atoms with Crippen LogP contribution in [-0.2, 0) is 17.6 Å². The summed E-state index contributed by atoms with van der Waals surface area (Å²) in [4.78, 5) is 13.3. The summed E-state index contributed by atoms with van der Waals surface area (Å²) in [5.41, 5.74) is 1.24. The minimum Gasteiger partial charge on any atom is -0.381 e. The highest BCUT2D eigenvalue weighted by Gasteiger charge is 2.26. The molecule has 0 fully saturated rings. The molecule has 0 heterocycles. The zero-order valence-corrected chi connectivity index (χ0v) is 11.7. The van der Waals surface area contributed by atoms with Gasteiger partial charge in [0.1, 0.15) is 5.60 Å². The van der Waals surface area contributed by atoms with Crippen LogP contribution in [0.25, 0.3) is 0 Å². The fourth-order valence-electron chi connectivity index (χ4n) is 1.81. The molecule has 0 radical (unpaired) electrons. The Kier molecular flexibility index (Phi) is 4.91. The third kappa shape index (κ3) is 4.15. The second-order valence-electron chi connectivity index (χ2n) is 5.21. The van der Waals surface area contributed by atoms with E-state index in [1.165, 1.54) is 25.0 Å². The van der Waals surface area contributed by atoms with Crippen LogP contribution >= 0.6 is 0 Å². The van der Waals surface area contributed by atoms with Crippen molar-refractivity contribution in [2.45, 2.75) is 39.2 Å². The van der Waals surface area contributed by atoms with Crippen LogP contribution in [0.1, 0.15) is 31.9 Å². The van der Waals surface area contributed by atoms with Gasteiger partial charge < -0.3 is 10.0 Å². The molecular formula is C15H23NO2. The SMILES string of the molecule is CCc1ccc(CCN(C)C(=O)C(C)(C)O)cc1. The predicted molar refractivity (Wildman–Crippen MR) is 73.5 cm³/mol. The number of aliphatic hydroxyl groups is 1. The third-order valence-corrected chi connectivity index (χ3v) is 3.04. The first-order valence-electron chi connectivity index (χ1n) is 6.40. The van der Waals surface area contributed by atoms with Gasteiger partial charge in [-0.1, -0.05) is 31.2 Å². The molecule has 0 unspecified atom stereocenters. The molecule has 0 saturated carbocycles. The molecule has 18 heavy (non-hydrogen) atoms. The Labute approximate surface area is 109 Å². The van der Waals surface area contributed by atoms with Gasteiger partial charge >= 0.3 is 0 Å². The summed E-state index contributed by atoms with van der Waals surface area (Å²) in [6.07, 6.45) is 1.85. The minimum absolute atomic E-state index is 0.243. The summed E-state index contributed by atoms with van der Waals surface area (Å²) < 4.78 is 0. The Balaban J connectivity index is 2.52. The van der Waals surface area contributed by atoms with Crippen LogP contribution in [-0.4, -0.2) is 35.1 Å². The van der Waals surface area contributed by atoms with E-state index < -0.39 is 5.60 Å². The number of rotatable bonds is 5. The lowest BCUT2D eigenvalue weighted by Crippen LogP contribution is -2.43. The van der Waals surface area contributed by atoms with E-state index in [0.29, 0.717) is 6.54 Å². The molecule has 3 heteroatoms. The maximum Gasteiger partial charge on any atom is 0.253 e. The number of amides is 1. The summed E-state index contributed by atoms with van der Waals surface area (Å²) in [5.74, 6) is -0.243. The fraction of sp³-hybridized carbons (Fsp3) is 0.533. The highest BCUT2D eigenvalue weighted by molar-refractivity contribution is 5.83. The molecule has 1 aromatic carbocycles. The van der Waals surface area contributed by atoms with Crippen molar-refractivity contribution in [1.82, 2.24) is 4.90 Å². The molecular weight excluding hydrogens is 226 g/mol. The number of aryl methyl sites for hydroxylation is 1. The molecule has 0 saturated heterocycles. The number of likely N-dealkylation sites (N-methyl/N-ethyl adjacent to an activating group) is 1. The van der Waals surface area contributed by atoms with Crippen molar-refractivity contribution in [1.29, 1.82) is 0 Å². The van der Waals surface area contributed by atoms with Crippen molar-refractivity contribution in [2.24, 2.45) is 0 Å². The monoisotopic (exact) mass is 249 g/mol. The van der Waals surface area contributed by atoms with E-state index in [-0.39, 0.29) is 5.91 Å². The van der Waals surface area contributed by atoms with Crippen LogP contribution < -0.4 is 0 Å². The van der Waals surface area contributed by atoms with Crippen molar-refractivity contribution in [2.75, 3.05) is 13.6 Å². The Morgan fingerprint density at radius 1 is 1.22 bits per heavy atom. The van der Waals surface area contributed by atoms with Crippen LogP contribution in [0, 0.1) is 0 Å². The summed E-state index contributed by atoms with van der Waals surface area (Å²) in [6.45, 7) is 5.78. The molecule has 1 N–H and O–H groups in total. The van der Waals surface area contributed by atoms with E-state index in [4.69, 9.17) is 0 Å². The lowest BCUT2D eigenvalue weighted by molar-refractivity contribution is -0.146. The first-order chi connectivity index (χ1) is 8.34. The lowest BCUT2D eigenvalue weighted by Gasteiger charge is -2.24. The van der Waals surface area contributed by atoms with Gasteiger partial charge in [0.2, 0.25) is 0 Å². The highest BCUT2D eigenvalue weighted by atomic mass is 16.3. The Morgan fingerprint density at radius 3 is 2.17 bits per heavy atom. The molecule has 0 spiro atoms. The number of nitrogens with zero attached hydrogens (tertiary/aromatic N) is 1. The maximum absolute atomic E-state index is 11.8. The minimum atomic E-state index is -1.29. The Hall–Kier alpha value is -1.35. The maximum atomic E-state index is 11.8. The van der Waals surface area contributed by atoms with Gasteiger partial charge in [-0.3, -0.25) is 4.79 Å². The van der Waals surface area contributed by atoms with E-state index >= 15 is 0 Å². The molecule has 0 bridgehead atoms. The number of hydrogen-bond acceptors (Lipinski definition) is 2. The van der Waals surface area contributed by atoms with E-state index in [1.807, 2.05) is 0 Å². The van der Waals surface area contributed by atoms with Crippen LogP contribution in [0.15, 0.2) is 24.3 Å². The number of hydrogen-bond donors (Lipinski definition) is 1. The topological polar surface area (TPSA) is 40.5 Å². The average molecular weight is 249 g/mol. The van der Waals surface area contributed by atoms with Crippen LogP contribution in [0.2, 0.25) is 0 Å². The van der Waals surface area contributed by atoms with E-state index in [0.717, 1.165) is 12.8 Å². The van der Waals surface area contributed by atoms with Crippen LogP contribution in [0.4, 0.5) is 0 Å². The lowest BCUT2D eigenvalue weighted by atomic mass is 10.1. The standard InChI is InChI=1S/C15H23NO2/c1-5-12-6-8-13(9-7-12)10-11-16(4)14(17)15(2,3)18/h6-9,18H,5,10-11H2,1-4H3. The van der Waals surface area contributed by atoms with Gasteiger partial charge in [-0.25, -0.2) is 0 Å². The van der Waals surface area contributed by atoms with Gasteiger partial charge in [0.25, 0.3) is 5.91 Å². The molecule has 0 aliphatic heterocycles. The van der Waals surface area contributed by atoms with Crippen molar-refractivity contribution >= 4 is 5.91 Å². The zero-order chi connectivity index (χ0) is 13.8. The van der Waals surface area contributed by atoms with Crippen molar-refractivity contribution in [3.63, 3.8) is 0 Å². The van der Waals surface area contributed by atoms with Gasteiger partial charge in [0, 0.05) is 13.6 Å². The predicted octanol–water partition coefficient (Wildman–Crippen LogP) is 2.02. The molecule has 0 aromatic heterocycles. The normalized spacial score (nSPS) is 11.4. The van der Waals surface area contributed by atoms with E-state index in [1.54, 1.807) is 11.9 Å². The second kappa shape index (κ2) is 6.01. The number of carbonyl (C=O) groups excluding carboxylic acids is 1. The molecule has 1 rings (SSSR count). The summed E-state index contributed by atoms with van der Waals surface area (Å²) in [6, 6.07) is 8.43. The zero-order valence-electron chi connectivity index (χ0n) is 11.7. The van der Waals surface area contributed by atoms with Crippen molar-refractivity contribution in [3.05, 3.63) is 35.4 Å². The molecule has 1 aromatic rings. The quantitative estimate of drug-likeness (QED) is 0.867. The first-order valence-corrected chi connectivity index (χ1v) is 6.40. The van der Waals surface area contributed by atoms with E-state index in [2.05, 4.69) is 31.2 Å². The van der Waals surface area contributed by atoms with E-state index in [9.17, 15) is 9.90 Å². The fourth-order valence-corrected chi connectivity index (χ4v) is 1.81.